The zero-order chi connectivity index (χ0) is 17.2. The Bertz CT molecular complexity index is 519. The molecule has 0 radical (unpaired) electrons. The van der Waals surface area contributed by atoms with Crippen molar-refractivity contribution in [3.05, 3.63) is 35.9 Å². The normalized spacial score (nSPS) is 14.4. The molecule has 0 spiro atoms. The van der Waals surface area contributed by atoms with E-state index in [9.17, 15) is 14.4 Å². The van der Waals surface area contributed by atoms with Crippen molar-refractivity contribution in [2.75, 3.05) is 6.54 Å². The molecule has 0 aliphatic heterocycles. The van der Waals surface area contributed by atoms with Gasteiger partial charge >= 0.3 is 0 Å². The highest BCUT2D eigenvalue weighted by atomic mass is 16.2. The van der Waals surface area contributed by atoms with Gasteiger partial charge in [0, 0.05) is 6.42 Å². The Morgan fingerprint density at radius 1 is 1.22 bits per heavy atom. The van der Waals surface area contributed by atoms with Crippen molar-refractivity contribution in [3.8, 4) is 0 Å². The van der Waals surface area contributed by atoms with Crippen LogP contribution in [0.1, 0.15) is 25.8 Å². The highest BCUT2D eigenvalue weighted by Gasteiger charge is 2.26. The van der Waals surface area contributed by atoms with Gasteiger partial charge in [0.15, 0.2) is 0 Å². The molecule has 0 bridgehead atoms. The molecular weight excluding hydrogens is 294 g/mol. The predicted octanol–water partition coefficient (Wildman–Crippen LogP) is 0.402. The van der Waals surface area contributed by atoms with Crippen molar-refractivity contribution in [2.24, 2.45) is 11.7 Å². The fourth-order valence-electron chi connectivity index (χ4n) is 2.10. The first-order valence-electron chi connectivity index (χ1n) is 7.80. The molecule has 0 aliphatic carbocycles. The van der Waals surface area contributed by atoms with Gasteiger partial charge < -0.3 is 21.2 Å². The Morgan fingerprint density at radius 3 is 2.43 bits per heavy atom. The fourth-order valence-corrected chi connectivity index (χ4v) is 2.10. The second-order valence-corrected chi connectivity index (χ2v) is 5.57. The topological polar surface area (TPSA) is 101 Å². The van der Waals surface area contributed by atoms with E-state index in [0.717, 1.165) is 12.0 Å². The first-order valence-corrected chi connectivity index (χ1v) is 7.80. The van der Waals surface area contributed by atoms with Crippen LogP contribution in [0.2, 0.25) is 0 Å². The van der Waals surface area contributed by atoms with Crippen molar-refractivity contribution in [3.63, 3.8) is 0 Å². The zero-order valence-electron chi connectivity index (χ0n) is 13.6. The summed E-state index contributed by atoms with van der Waals surface area (Å²) in [7, 11) is 0. The van der Waals surface area contributed by atoms with Crippen molar-refractivity contribution in [1.82, 2.24) is 10.6 Å². The largest absolute Gasteiger partial charge is 0.348 e. The van der Waals surface area contributed by atoms with Crippen LogP contribution in [-0.2, 0) is 20.8 Å². The summed E-state index contributed by atoms with van der Waals surface area (Å²) in [5.74, 6) is -0.738. The molecule has 0 saturated carbocycles. The standard InChI is InChI=1S/C17H25N3O3/c1-3-12(2)15(18)17(23)20-14(16(22)19-9-10-21)11-13-7-5-4-6-8-13/h4-8,10,12,14-15H,3,9,11,18H2,1-2H3,(H,19,22)(H,20,23)/t12-,14-,15-/m0/s1. The van der Waals surface area contributed by atoms with Gasteiger partial charge in [-0.25, -0.2) is 0 Å². The van der Waals surface area contributed by atoms with E-state index in [1.807, 2.05) is 44.2 Å². The van der Waals surface area contributed by atoms with E-state index in [1.54, 1.807) is 0 Å². The van der Waals surface area contributed by atoms with Crippen molar-refractivity contribution in [1.29, 1.82) is 0 Å². The molecule has 1 aromatic carbocycles. The number of amides is 2. The van der Waals surface area contributed by atoms with Crippen LogP contribution < -0.4 is 16.4 Å². The Hall–Kier alpha value is -2.21. The molecule has 6 heteroatoms. The second-order valence-electron chi connectivity index (χ2n) is 5.57. The molecule has 0 saturated heterocycles. The summed E-state index contributed by atoms with van der Waals surface area (Å²) >= 11 is 0. The van der Waals surface area contributed by atoms with Crippen molar-refractivity contribution < 1.29 is 14.4 Å². The number of hydrogen-bond acceptors (Lipinski definition) is 4. The van der Waals surface area contributed by atoms with Crippen LogP contribution in [0.4, 0.5) is 0 Å². The van der Waals surface area contributed by atoms with Crippen molar-refractivity contribution in [2.45, 2.75) is 38.8 Å². The minimum Gasteiger partial charge on any atom is -0.348 e. The van der Waals surface area contributed by atoms with E-state index in [1.165, 1.54) is 0 Å². The van der Waals surface area contributed by atoms with Crippen LogP contribution in [0, 0.1) is 5.92 Å². The summed E-state index contributed by atoms with van der Waals surface area (Å²) in [6.45, 7) is 3.76. The number of carbonyl (C=O) groups is 3. The first kappa shape index (κ1) is 18.8. The van der Waals surface area contributed by atoms with E-state index in [-0.39, 0.29) is 18.4 Å². The molecule has 0 heterocycles. The van der Waals surface area contributed by atoms with Crippen LogP contribution in [0.15, 0.2) is 30.3 Å². The van der Waals surface area contributed by atoms with Gasteiger partial charge in [-0.2, -0.15) is 0 Å². The summed E-state index contributed by atoms with van der Waals surface area (Å²) in [6, 6.07) is 7.92. The Morgan fingerprint density at radius 2 is 1.87 bits per heavy atom. The summed E-state index contributed by atoms with van der Waals surface area (Å²) in [5, 5.41) is 5.17. The third kappa shape index (κ3) is 6.20. The van der Waals surface area contributed by atoms with Gasteiger partial charge in [-0.15, -0.1) is 0 Å². The van der Waals surface area contributed by atoms with Gasteiger partial charge in [-0.05, 0) is 11.5 Å². The number of carbonyl (C=O) groups excluding carboxylic acids is 3. The highest BCUT2D eigenvalue weighted by molar-refractivity contribution is 5.90. The number of nitrogens with two attached hydrogens (primary N) is 1. The lowest BCUT2D eigenvalue weighted by Gasteiger charge is -2.23. The summed E-state index contributed by atoms with van der Waals surface area (Å²) in [4.78, 5) is 34.8. The minimum absolute atomic E-state index is 0.0189. The maximum Gasteiger partial charge on any atom is 0.243 e. The third-order valence-corrected chi connectivity index (χ3v) is 3.84. The lowest BCUT2D eigenvalue weighted by atomic mass is 9.98. The van der Waals surface area contributed by atoms with Crippen LogP contribution in [0.5, 0.6) is 0 Å². The highest BCUT2D eigenvalue weighted by Crippen LogP contribution is 2.07. The summed E-state index contributed by atoms with van der Waals surface area (Å²) in [5.41, 5.74) is 6.83. The first-order chi connectivity index (χ1) is 11.0. The van der Waals surface area contributed by atoms with E-state index in [4.69, 9.17) is 5.73 Å². The fraction of sp³-hybridized carbons (Fsp3) is 0.471. The summed E-state index contributed by atoms with van der Waals surface area (Å²) in [6.07, 6.45) is 1.71. The molecule has 6 nitrogen and oxygen atoms in total. The van der Waals surface area contributed by atoms with Crippen LogP contribution in [0.25, 0.3) is 0 Å². The van der Waals surface area contributed by atoms with Gasteiger partial charge in [0.05, 0.1) is 12.6 Å². The van der Waals surface area contributed by atoms with Crippen molar-refractivity contribution >= 4 is 18.1 Å². The maximum absolute atomic E-state index is 12.2. The third-order valence-electron chi connectivity index (χ3n) is 3.84. The Balaban J connectivity index is 2.80. The molecule has 23 heavy (non-hydrogen) atoms. The van der Waals surface area contributed by atoms with Crippen LogP contribution in [-0.4, -0.2) is 36.7 Å². The predicted molar refractivity (Wildman–Crippen MR) is 88.6 cm³/mol. The maximum atomic E-state index is 12.2. The average Bonchev–Trinajstić information content (AvgIpc) is 2.58. The monoisotopic (exact) mass is 319 g/mol. The molecule has 1 rings (SSSR count). The van der Waals surface area contributed by atoms with E-state index >= 15 is 0 Å². The van der Waals surface area contributed by atoms with Gasteiger partial charge in [0.1, 0.15) is 12.3 Å². The van der Waals surface area contributed by atoms with Gasteiger partial charge in [-0.3, -0.25) is 9.59 Å². The zero-order valence-corrected chi connectivity index (χ0v) is 13.6. The molecule has 0 unspecified atom stereocenters. The summed E-state index contributed by atoms with van der Waals surface area (Å²) < 4.78 is 0. The van der Waals surface area contributed by atoms with Gasteiger partial charge in [0.25, 0.3) is 0 Å². The van der Waals surface area contributed by atoms with Crippen LogP contribution in [0.3, 0.4) is 0 Å². The molecule has 126 valence electrons. The molecule has 2 amide bonds. The molecule has 0 fully saturated rings. The van der Waals surface area contributed by atoms with E-state index in [0.29, 0.717) is 12.7 Å². The Labute approximate surface area is 136 Å². The van der Waals surface area contributed by atoms with Gasteiger partial charge in [-0.1, -0.05) is 50.6 Å². The molecule has 3 atom stereocenters. The quantitative estimate of drug-likeness (QED) is 0.574. The molecule has 0 aliphatic rings. The number of nitrogens with one attached hydrogen (secondary N) is 2. The number of hydrogen-bond donors (Lipinski definition) is 3. The lowest BCUT2D eigenvalue weighted by Crippen LogP contribution is -2.54. The average molecular weight is 319 g/mol. The number of rotatable bonds is 9. The Kier molecular flexibility index (Phi) is 7.97. The molecule has 4 N–H and O–H groups in total. The van der Waals surface area contributed by atoms with Gasteiger partial charge in [0.2, 0.25) is 11.8 Å². The number of aldehydes is 1. The number of benzene rings is 1. The smallest absolute Gasteiger partial charge is 0.243 e. The molecule has 0 aromatic heterocycles. The molecular formula is C17H25N3O3. The van der Waals surface area contributed by atoms with E-state index < -0.39 is 18.0 Å². The van der Waals surface area contributed by atoms with Crippen LogP contribution >= 0.6 is 0 Å². The lowest BCUT2D eigenvalue weighted by molar-refractivity contribution is -0.130. The minimum atomic E-state index is -0.764. The SMILES string of the molecule is CC[C@H](C)[C@H](N)C(=O)N[C@@H](Cc1ccccc1)C(=O)NCC=O. The van der Waals surface area contributed by atoms with E-state index in [2.05, 4.69) is 10.6 Å². The second kappa shape index (κ2) is 9.74. The molecule has 1 aromatic rings.